The first-order valence-corrected chi connectivity index (χ1v) is 23.9. The third kappa shape index (κ3) is 29.1. The number of rotatable bonds is 37. The molecule has 1 aliphatic rings. The van der Waals surface area contributed by atoms with Crippen molar-refractivity contribution in [3.05, 3.63) is 48.6 Å². The summed E-state index contributed by atoms with van der Waals surface area (Å²) in [6.45, 7) is 3.32. The van der Waals surface area contributed by atoms with E-state index < -0.39 is 50.8 Å². The minimum Gasteiger partial charge on any atom is -0.462 e. The largest absolute Gasteiger partial charge is 0.472 e. The Morgan fingerprint density at radius 2 is 1.34 bits per heavy atom. The maximum absolute atomic E-state index is 12.6. The Hall–Kier alpha value is -2.15. The van der Waals surface area contributed by atoms with E-state index in [0.717, 1.165) is 64.2 Å². The van der Waals surface area contributed by atoms with E-state index in [1.54, 1.807) is 6.08 Å². The molecular formula is C45H80NO11P. The smallest absolute Gasteiger partial charge is 0.462 e. The number of esters is 2. The number of carbonyl (C=O) groups is 2. The van der Waals surface area contributed by atoms with E-state index in [2.05, 4.69) is 44.2 Å². The van der Waals surface area contributed by atoms with E-state index in [1.807, 2.05) is 12.2 Å². The van der Waals surface area contributed by atoms with E-state index in [4.69, 9.17) is 24.3 Å². The van der Waals surface area contributed by atoms with Gasteiger partial charge in [-0.25, -0.2) is 4.57 Å². The van der Waals surface area contributed by atoms with Gasteiger partial charge in [0, 0.05) is 31.7 Å². The van der Waals surface area contributed by atoms with Crippen LogP contribution in [0.15, 0.2) is 48.6 Å². The summed E-state index contributed by atoms with van der Waals surface area (Å²) >= 11 is 0. The minimum atomic E-state index is -4.45. The highest BCUT2D eigenvalue weighted by Crippen LogP contribution is 2.43. The SMILES string of the molecule is CCCCCCCC/C=C\C/C=C\C/C=C\CCCC(=O)O[C@H](COC(=O)CCCCCC[C@@H]1[C@@H](/C=C/[C@@H](O)CCCCC)[C@H](O)C[C@@H]1O)COP(=O)(O)OCCN. The van der Waals surface area contributed by atoms with Crippen LogP contribution in [0.5, 0.6) is 0 Å². The van der Waals surface area contributed by atoms with Crippen molar-refractivity contribution in [2.45, 2.75) is 186 Å². The lowest BCUT2D eigenvalue weighted by Gasteiger charge is -2.21. The molecule has 0 radical (unpaired) electrons. The number of hydrogen-bond acceptors (Lipinski definition) is 11. The van der Waals surface area contributed by atoms with Gasteiger partial charge >= 0.3 is 19.8 Å². The normalized spacial score (nSPS) is 20.7. The summed E-state index contributed by atoms with van der Waals surface area (Å²) in [5, 5.41) is 31.3. The Bertz CT molecular complexity index is 1210. The minimum absolute atomic E-state index is 0.0131. The molecule has 0 saturated heterocycles. The predicted molar refractivity (Wildman–Crippen MR) is 231 cm³/mol. The van der Waals surface area contributed by atoms with Crippen molar-refractivity contribution in [1.29, 1.82) is 0 Å². The number of nitrogens with two attached hydrogens (primary N) is 1. The quantitative estimate of drug-likeness (QED) is 0.0173. The highest BCUT2D eigenvalue weighted by atomic mass is 31.2. The number of hydrogen-bond donors (Lipinski definition) is 5. The maximum Gasteiger partial charge on any atom is 0.472 e. The monoisotopic (exact) mass is 842 g/mol. The molecule has 0 bridgehead atoms. The Morgan fingerprint density at radius 1 is 0.741 bits per heavy atom. The van der Waals surface area contributed by atoms with E-state index in [9.17, 15) is 34.4 Å². The molecule has 1 unspecified atom stereocenters. The third-order valence-electron chi connectivity index (χ3n) is 10.3. The van der Waals surface area contributed by atoms with Gasteiger partial charge in [0.2, 0.25) is 0 Å². The van der Waals surface area contributed by atoms with Gasteiger partial charge in [0.25, 0.3) is 0 Å². The summed E-state index contributed by atoms with van der Waals surface area (Å²) in [4.78, 5) is 35.1. The molecule has 58 heavy (non-hydrogen) atoms. The number of unbranched alkanes of at least 4 members (excludes halogenated alkanes) is 12. The van der Waals surface area contributed by atoms with Crippen LogP contribution >= 0.6 is 7.82 Å². The Labute approximate surface area is 350 Å². The fourth-order valence-electron chi connectivity index (χ4n) is 6.92. The number of carbonyl (C=O) groups excluding carboxylic acids is 2. The van der Waals surface area contributed by atoms with Crippen molar-refractivity contribution < 1.29 is 52.9 Å². The lowest BCUT2D eigenvalue weighted by atomic mass is 9.88. The molecule has 0 heterocycles. The predicted octanol–water partition coefficient (Wildman–Crippen LogP) is 9.10. The molecular weight excluding hydrogens is 761 g/mol. The summed E-state index contributed by atoms with van der Waals surface area (Å²) in [5.41, 5.74) is 5.34. The first kappa shape index (κ1) is 53.9. The molecule has 6 N–H and O–H groups in total. The van der Waals surface area contributed by atoms with Crippen LogP contribution in [0.3, 0.4) is 0 Å². The van der Waals surface area contributed by atoms with Crippen molar-refractivity contribution in [1.82, 2.24) is 0 Å². The second-order valence-corrected chi connectivity index (χ2v) is 17.0. The van der Waals surface area contributed by atoms with Crippen molar-refractivity contribution in [3.63, 3.8) is 0 Å². The number of phosphoric acid groups is 1. The molecule has 7 atom stereocenters. The number of aliphatic hydroxyl groups excluding tert-OH is 3. The lowest BCUT2D eigenvalue weighted by molar-refractivity contribution is -0.161. The van der Waals surface area contributed by atoms with E-state index in [1.165, 1.54) is 38.5 Å². The van der Waals surface area contributed by atoms with Gasteiger partial charge < -0.3 is 35.4 Å². The fraction of sp³-hybridized carbons (Fsp3) is 0.778. The van der Waals surface area contributed by atoms with Crippen molar-refractivity contribution >= 4 is 19.8 Å². The Kier molecular flexibility index (Phi) is 33.1. The Morgan fingerprint density at radius 3 is 2.05 bits per heavy atom. The molecule has 1 fully saturated rings. The van der Waals surface area contributed by atoms with Crippen molar-refractivity contribution in [2.75, 3.05) is 26.4 Å². The molecule has 0 aromatic heterocycles. The number of phosphoric ester groups is 1. The zero-order valence-corrected chi connectivity index (χ0v) is 36.7. The number of allylic oxidation sites excluding steroid dienone is 6. The summed E-state index contributed by atoms with van der Waals surface area (Å²) in [6, 6.07) is 0. The average molecular weight is 842 g/mol. The van der Waals surface area contributed by atoms with Gasteiger partial charge in [0.15, 0.2) is 6.10 Å². The zero-order valence-electron chi connectivity index (χ0n) is 35.8. The molecule has 12 nitrogen and oxygen atoms in total. The van der Waals surface area contributed by atoms with Crippen LogP contribution in [-0.2, 0) is 32.7 Å². The molecule has 0 amide bonds. The van der Waals surface area contributed by atoms with Crippen LogP contribution < -0.4 is 5.73 Å². The summed E-state index contributed by atoms with van der Waals surface area (Å²) in [6.07, 6.45) is 33.6. The van der Waals surface area contributed by atoms with Crippen LogP contribution in [0.25, 0.3) is 0 Å². The average Bonchev–Trinajstić information content (AvgIpc) is 3.47. The molecule has 336 valence electrons. The molecule has 0 spiro atoms. The third-order valence-corrected chi connectivity index (χ3v) is 11.3. The van der Waals surface area contributed by atoms with Crippen LogP contribution in [0.1, 0.15) is 162 Å². The second-order valence-electron chi connectivity index (χ2n) is 15.5. The van der Waals surface area contributed by atoms with Gasteiger partial charge in [0.1, 0.15) is 6.61 Å². The maximum atomic E-state index is 12.6. The standard InChI is InChI=1S/C45H80NO11P/c1-3-5-7-8-9-10-11-12-13-14-15-16-17-18-19-20-26-30-45(51)57-39(37-56-58(52,53)55-34-33-46)36-54-44(50)29-25-22-21-24-28-40-41(43(49)35-42(40)48)32-31-38(47)27-23-6-4-2/h12-13,15-16,18-19,31-32,38-43,47-49H,3-11,14,17,20-30,33-37,46H2,1-2H3,(H,52,53)/b13-12-,16-15-,19-18-,32-31+/t38-,39+,40+,41+,42-,43+/m0/s1. The summed E-state index contributed by atoms with van der Waals surface area (Å²) in [5.74, 6) is -1.32. The number of aliphatic hydroxyl groups is 3. The molecule has 0 aliphatic heterocycles. The van der Waals surface area contributed by atoms with Gasteiger partial charge in [-0.15, -0.1) is 0 Å². The van der Waals surface area contributed by atoms with E-state index >= 15 is 0 Å². The van der Waals surface area contributed by atoms with Gasteiger partial charge in [-0.05, 0) is 63.7 Å². The van der Waals surface area contributed by atoms with E-state index in [0.29, 0.717) is 32.1 Å². The first-order valence-electron chi connectivity index (χ1n) is 22.4. The summed E-state index contributed by atoms with van der Waals surface area (Å²) < 4.78 is 32.7. The van der Waals surface area contributed by atoms with Gasteiger partial charge in [-0.1, -0.05) is 133 Å². The second kappa shape index (κ2) is 35.6. The zero-order chi connectivity index (χ0) is 42.7. The van der Waals surface area contributed by atoms with Crippen LogP contribution in [0, 0.1) is 11.8 Å². The number of ether oxygens (including phenoxy) is 2. The Balaban J connectivity index is 2.40. The molecule has 0 aromatic rings. The van der Waals surface area contributed by atoms with Crippen molar-refractivity contribution in [3.8, 4) is 0 Å². The van der Waals surface area contributed by atoms with Gasteiger partial charge in [-0.2, -0.15) is 0 Å². The highest BCUT2D eigenvalue weighted by molar-refractivity contribution is 7.47. The van der Waals surface area contributed by atoms with Crippen LogP contribution in [-0.4, -0.2) is 82.9 Å². The fourth-order valence-corrected chi connectivity index (χ4v) is 7.69. The van der Waals surface area contributed by atoms with Crippen LogP contribution in [0.2, 0.25) is 0 Å². The van der Waals surface area contributed by atoms with E-state index in [-0.39, 0.29) is 44.4 Å². The molecule has 1 rings (SSSR count). The molecule has 1 saturated carbocycles. The van der Waals surface area contributed by atoms with Crippen molar-refractivity contribution in [2.24, 2.45) is 17.6 Å². The molecule has 13 heteroatoms. The topological polar surface area (TPSA) is 195 Å². The van der Waals surface area contributed by atoms with Gasteiger partial charge in [-0.3, -0.25) is 18.6 Å². The summed E-state index contributed by atoms with van der Waals surface area (Å²) in [7, 11) is -4.45. The van der Waals surface area contributed by atoms with Gasteiger partial charge in [0.05, 0.1) is 31.5 Å². The molecule has 0 aromatic carbocycles. The first-order chi connectivity index (χ1) is 28.0. The van der Waals surface area contributed by atoms with Crippen LogP contribution in [0.4, 0.5) is 0 Å². The molecule has 1 aliphatic carbocycles. The lowest BCUT2D eigenvalue weighted by Crippen LogP contribution is -2.29. The highest BCUT2D eigenvalue weighted by Gasteiger charge is 2.39.